The second-order valence-corrected chi connectivity index (χ2v) is 9.61. The summed E-state index contributed by atoms with van der Waals surface area (Å²) in [4.78, 5) is 12.6. The van der Waals surface area contributed by atoms with E-state index in [1.54, 1.807) is 36.4 Å². The van der Waals surface area contributed by atoms with Crippen LogP contribution in [0.1, 0.15) is 22.8 Å². The summed E-state index contributed by atoms with van der Waals surface area (Å²) >= 11 is 0. The number of cyclic esters (lactones) is 1. The van der Waals surface area contributed by atoms with Crippen molar-refractivity contribution in [3.8, 4) is 34.5 Å². The normalized spacial score (nSPS) is 18.1. The zero-order valence-corrected chi connectivity index (χ0v) is 22.6. The molecule has 3 aromatic rings. The first kappa shape index (κ1) is 28.8. The van der Waals surface area contributed by atoms with E-state index in [1.165, 1.54) is 39.5 Å². The lowest BCUT2D eigenvalue weighted by Crippen LogP contribution is -2.29. The molecule has 214 valence electrons. The highest BCUT2D eigenvalue weighted by molar-refractivity contribution is 5.75. The molecular formula is C30H34O10. The minimum Gasteiger partial charge on any atom is -0.504 e. The van der Waals surface area contributed by atoms with Gasteiger partial charge in [-0.2, -0.15) is 0 Å². The minimum absolute atomic E-state index is 0.0506. The first-order chi connectivity index (χ1) is 19.3. The highest BCUT2D eigenvalue weighted by Gasteiger charge is 2.37. The minimum atomic E-state index is -1.23. The summed E-state index contributed by atoms with van der Waals surface area (Å²) in [6.45, 7) is -0.198. The number of aliphatic hydroxyl groups is 2. The van der Waals surface area contributed by atoms with Crippen LogP contribution in [0.25, 0.3) is 0 Å². The smallest absolute Gasteiger partial charge is 0.309 e. The SMILES string of the molecule is COc1cc(CC2COC(=O)C2Cc2ccc(OC(CO)C(O)c3ccc(O)c(OC)c3)c(OC)c2)ccc1O. The number of carbonyl (C=O) groups excluding carboxylic acids is 1. The Morgan fingerprint density at radius 2 is 1.43 bits per heavy atom. The number of aromatic hydroxyl groups is 2. The Hall–Kier alpha value is -4.15. The van der Waals surface area contributed by atoms with Crippen molar-refractivity contribution in [1.82, 2.24) is 0 Å². The molecule has 1 heterocycles. The maximum atomic E-state index is 12.6. The molecular weight excluding hydrogens is 520 g/mol. The van der Waals surface area contributed by atoms with Gasteiger partial charge in [0.15, 0.2) is 40.6 Å². The molecule has 0 aromatic heterocycles. The average Bonchev–Trinajstić information content (AvgIpc) is 3.31. The number of hydrogen-bond donors (Lipinski definition) is 4. The van der Waals surface area contributed by atoms with Crippen LogP contribution in [0.2, 0.25) is 0 Å². The number of carbonyl (C=O) groups is 1. The molecule has 0 saturated carbocycles. The van der Waals surface area contributed by atoms with Crippen LogP contribution in [-0.2, 0) is 22.4 Å². The molecule has 1 aliphatic heterocycles. The maximum Gasteiger partial charge on any atom is 0.309 e. The molecule has 4 atom stereocenters. The molecule has 3 aromatic carbocycles. The third kappa shape index (κ3) is 6.35. The van der Waals surface area contributed by atoms with Gasteiger partial charge < -0.3 is 44.1 Å². The van der Waals surface area contributed by atoms with Crippen LogP contribution in [0, 0.1) is 11.8 Å². The number of hydrogen-bond acceptors (Lipinski definition) is 10. The Morgan fingerprint density at radius 1 is 0.825 bits per heavy atom. The predicted molar refractivity (Wildman–Crippen MR) is 144 cm³/mol. The number of rotatable bonds is 12. The Kier molecular flexibility index (Phi) is 9.23. The molecule has 0 aliphatic carbocycles. The standard InChI is InChI=1S/C30H34O10/c1-36-25-12-17(4-7-22(25)32)10-20-16-39-30(35)21(20)11-18-5-9-24(27(13-18)38-3)40-28(15-31)29(34)19-6-8-23(33)26(14-19)37-2/h4-9,12-14,20-21,28-29,31-34H,10-11,15-16H2,1-3H3. The molecule has 4 rings (SSSR count). The molecule has 0 bridgehead atoms. The molecule has 0 radical (unpaired) electrons. The summed E-state index contributed by atoms with van der Waals surface area (Å²) in [5, 5.41) is 40.5. The van der Waals surface area contributed by atoms with Crippen LogP contribution in [0.4, 0.5) is 0 Å². The van der Waals surface area contributed by atoms with Crippen molar-refractivity contribution in [3.63, 3.8) is 0 Å². The largest absolute Gasteiger partial charge is 0.504 e. The van der Waals surface area contributed by atoms with Crippen molar-refractivity contribution in [3.05, 3.63) is 71.3 Å². The molecule has 4 unspecified atom stereocenters. The number of benzene rings is 3. The fourth-order valence-corrected chi connectivity index (χ4v) is 4.86. The zero-order chi connectivity index (χ0) is 28.8. The van der Waals surface area contributed by atoms with Gasteiger partial charge in [-0.1, -0.05) is 18.2 Å². The van der Waals surface area contributed by atoms with Gasteiger partial charge >= 0.3 is 5.97 Å². The first-order valence-electron chi connectivity index (χ1n) is 12.8. The third-order valence-corrected chi connectivity index (χ3v) is 7.09. The summed E-state index contributed by atoms with van der Waals surface area (Å²) in [6, 6.07) is 14.7. The van der Waals surface area contributed by atoms with Gasteiger partial charge in [0.2, 0.25) is 0 Å². The van der Waals surface area contributed by atoms with Gasteiger partial charge in [0.05, 0.1) is 40.5 Å². The van der Waals surface area contributed by atoms with E-state index in [-0.39, 0.29) is 35.1 Å². The van der Waals surface area contributed by atoms with E-state index in [0.717, 1.165) is 11.1 Å². The second-order valence-electron chi connectivity index (χ2n) is 9.61. The van der Waals surface area contributed by atoms with Gasteiger partial charge in [0, 0.05) is 5.92 Å². The van der Waals surface area contributed by atoms with E-state index in [4.69, 9.17) is 23.7 Å². The molecule has 0 amide bonds. The highest BCUT2D eigenvalue weighted by Crippen LogP contribution is 2.36. The van der Waals surface area contributed by atoms with Gasteiger partial charge in [-0.3, -0.25) is 4.79 Å². The lowest BCUT2D eigenvalue weighted by atomic mass is 9.85. The number of aliphatic hydroxyl groups excluding tert-OH is 2. The Labute approximate surface area is 232 Å². The van der Waals surface area contributed by atoms with Crippen molar-refractivity contribution < 1.29 is 48.9 Å². The molecule has 10 heteroatoms. The average molecular weight is 555 g/mol. The Bertz CT molecular complexity index is 1320. The van der Waals surface area contributed by atoms with E-state index in [1.807, 2.05) is 0 Å². The quantitative estimate of drug-likeness (QED) is 0.246. The molecule has 1 fully saturated rings. The van der Waals surface area contributed by atoms with Gasteiger partial charge in [-0.25, -0.2) is 0 Å². The Morgan fingerprint density at radius 3 is 2.10 bits per heavy atom. The predicted octanol–water partition coefficient (Wildman–Crippen LogP) is 3.17. The van der Waals surface area contributed by atoms with Crippen molar-refractivity contribution >= 4 is 5.97 Å². The molecule has 10 nitrogen and oxygen atoms in total. The molecule has 40 heavy (non-hydrogen) atoms. The van der Waals surface area contributed by atoms with Gasteiger partial charge in [-0.05, 0) is 65.9 Å². The zero-order valence-electron chi connectivity index (χ0n) is 22.6. The van der Waals surface area contributed by atoms with Crippen LogP contribution in [0.3, 0.4) is 0 Å². The lowest BCUT2D eigenvalue weighted by Gasteiger charge is -2.24. The fraction of sp³-hybridized carbons (Fsp3) is 0.367. The van der Waals surface area contributed by atoms with Crippen molar-refractivity contribution in [1.29, 1.82) is 0 Å². The summed E-state index contributed by atoms with van der Waals surface area (Å²) in [5.74, 6) is 0.479. The van der Waals surface area contributed by atoms with Crippen LogP contribution in [-0.4, -0.2) is 67.0 Å². The van der Waals surface area contributed by atoms with E-state index >= 15 is 0 Å². The monoisotopic (exact) mass is 554 g/mol. The number of esters is 1. The number of phenolic OH excluding ortho intramolecular Hbond substituents is 2. The van der Waals surface area contributed by atoms with E-state index < -0.39 is 18.8 Å². The fourth-order valence-electron chi connectivity index (χ4n) is 4.86. The molecule has 4 N–H and O–H groups in total. The summed E-state index contributed by atoms with van der Waals surface area (Å²) < 4.78 is 27.1. The van der Waals surface area contributed by atoms with Crippen LogP contribution in [0.5, 0.6) is 34.5 Å². The van der Waals surface area contributed by atoms with Crippen LogP contribution in [0.15, 0.2) is 54.6 Å². The van der Waals surface area contributed by atoms with Crippen LogP contribution >= 0.6 is 0 Å². The van der Waals surface area contributed by atoms with Crippen LogP contribution < -0.4 is 18.9 Å². The Balaban J connectivity index is 1.48. The maximum absolute atomic E-state index is 12.6. The van der Waals surface area contributed by atoms with Crippen molar-refractivity contribution in [2.75, 3.05) is 34.5 Å². The molecule has 1 saturated heterocycles. The van der Waals surface area contributed by atoms with Gasteiger partial charge in [0.1, 0.15) is 6.10 Å². The van der Waals surface area contributed by atoms with Crippen molar-refractivity contribution in [2.45, 2.75) is 25.0 Å². The molecule has 0 spiro atoms. The summed E-state index contributed by atoms with van der Waals surface area (Å²) in [6.07, 6.45) is -1.28. The third-order valence-electron chi connectivity index (χ3n) is 7.09. The second kappa shape index (κ2) is 12.8. The number of methoxy groups -OCH3 is 3. The van der Waals surface area contributed by atoms with Crippen molar-refractivity contribution in [2.24, 2.45) is 11.8 Å². The van der Waals surface area contributed by atoms with E-state index in [9.17, 15) is 25.2 Å². The highest BCUT2D eigenvalue weighted by atomic mass is 16.5. The van der Waals surface area contributed by atoms with E-state index in [0.29, 0.717) is 42.3 Å². The van der Waals surface area contributed by atoms with Gasteiger partial charge in [-0.15, -0.1) is 0 Å². The van der Waals surface area contributed by atoms with Gasteiger partial charge in [0.25, 0.3) is 0 Å². The number of ether oxygens (including phenoxy) is 5. The number of phenols is 2. The summed E-state index contributed by atoms with van der Waals surface area (Å²) in [7, 11) is 4.36. The topological polar surface area (TPSA) is 144 Å². The first-order valence-corrected chi connectivity index (χ1v) is 12.8. The lowest BCUT2D eigenvalue weighted by molar-refractivity contribution is -0.141. The summed E-state index contributed by atoms with van der Waals surface area (Å²) in [5.41, 5.74) is 2.14. The van der Waals surface area contributed by atoms with E-state index in [2.05, 4.69) is 0 Å². The molecule has 1 aliphatic rings.